The van der Waals surface area contributed by atoms with Crippen LogP contribution in [0.25, 0.3) is 0 Å². The third-order valence-corrected chi connectivity index (χ3v) is 4.11. The predicted molar refractivity (Wildman–Crippen MR) is 87.9 cm³/mol. The Kier molecular flexibility index (Phi) is 4.11. The minimum absolute atomic E-state index is 0.210. The summed E-state index contributed by atoms with van der Waals surface area (Å²) in [6.45, 7) is 15.7. The number of rotatable bonds is 3. The van der Waals surface area contributed by atoms with Crippen molar-refractivity contribution in [2.24, 2.45) is 5.41 Å². The maximum atomic E-state index is 6.07. The van der Waals surface area contributed by atoms with Crippen molar-refractivity contribution in [3.8, 4) is 0 Å². The first kappa shape index (κ1) is 16.3. The predicted octanol–water partition coefficient (Wildman–Crippen LogP) is 2.84. The van der Waals surface area contributed by atoms with Crippen molar-refractivity contribution in [1.82, 2.24) is 4.98 Å². The van der Waals surface area contributed by atoms with Crippen molar-refractivity contribution < 1.29 is 9.31 Å². The van der Waals surface area contributed by atoms with Crippen LogP contribution in [0.1, 0.15) is 48.5 Å². The maximum absolute atomic E-state index is 6.07. The van der Waals surface area contributed by atoms with Gasteiger partial charge in [0.15, 0.2) is 0 Å². The van der Waals surface area contributed by atoms with Gasteiger partial charge in [-0.15, -0.1) is 0 Å². The lowest BCUT2D eigenvalue weighted by molar-refractivity contribution is 0.00578. The zero-order valence-electron chi connectivity index (χ0n) is 14.3. The molecule has 1 N–H and O–H groups in total. The Morgan fingerprint density at radius 3 is 2.24 bits per heavy atom. The van der Waals surface area contributed by atoms with E-state index in [0.29, 0.717) is 0 Å². The van der Waals surface area contributed by atoms with Gasteiger partial charge in [0.1, 0.15) is 5.82 Å². The summed E-state index contributed by atoms with van der Waals surface area (Å²) in [6, 6.07) is 3.96. The van der Waals surface area contributed by atoms with Crippen LogP contribution >= 0.6 is 0 Å². The van der Waals surface area contributed by atoms with E-state index in [-0.39, 0.29) is 23.7 Å². The van der Waals surface area contributed by atoms with Gasteiger partial charge >= 0.3 is 7.12 Å². The summed E-state index contributed by atoms with van der Waals surface area (Å²) in [5.74, 6) is 0.858. The minimum Gasteiger partial charge on any atom is -0.399 e. The number of aromatic nitrogens is 1. The van der Waals surface area contributed by atoms with Crippen molar-refractivity contribution in [1.29, 1.82) is 0 Å². The van der Waals surface area contributed by atoms with Crippen molar-refractivity contribution in [3.63, 3.8) is 0 Å². The molecule has 0 bridgehead atoms. The lowest BCUT2D eigenvalue weighted by Crippen LogP contribution is -2.41. The lowest BCUT2D eigenvalue weighted by Gasteiger charge is -2.32. The first-order valence-corrected chi connectivity index (χ1v) is 7.56. The highest BCUT2D eigenvalue weighted by Gasteiger charge is 2.51. The summed E-state index contributed by atoms with van der Waals surface area (Å²) < 4.78 is 12.1. The van der Waals surface area contributed by atoms with Gasteiger partial charge in [-0.05, 0) is 50.7 Å². The van der Waals surface area contributed by atoms with Crippen LogP contribution in [0.3, 0.4) is 0 Å². The number of nitrogens with zero attached hydrogens (tertiary/aromatic N) is 1. The van der Waals surface area contributed by atoms with Crippen LogP contribution in [0, 0.1) is 5.41 Å². The van der Waals surface area contributed by atoms with E-state index in [4.69, 9.17) is 9.31 Å². The second-order valence-electron chi connectivity index (χ2n) is 7.98. The van der Waals surface area contributed by atoms with Gasteiger partial charge in [0.05, 0.1) is 11.2 Å². The van der Waals surface area contributed by atoms with Gasteiger partial charge in [0.2, 0.25) is 0 Å². The highest BCUT2D eigenvalue weighted by atomic mass is 16.7. The van der Waals surface area contributed by atoms with Crippen molar-refractivity contribution in [2.75, 3.05) is 11.9 Å². The first-order chi connectivity index (χ1) is 9.50. The van der Waals surface area contributed by atoms with E-state index < -0.39 is 0 Å². The van der Waals surface area contributed by atoms with Gasteiger partial charge in [-0.25, -0.2) is 4.98 Å². The summed E-state index contributed by atoms with van der Waals surface area (Å²) in [5.41, 5.74) is 0.571. The smallest absolute Gasteiger partial charge is 0.399 e. The Labute approximate surface area is 128 Å². The van der Waals surface area contributed by atoms with Gasteiger partial charge < -0.3 is 14.6 Å². The Hall–Kier alpha value is -1.07. The van der Waals surface area contributed by atoms with Gasteiger partial charge in [0.25, 0.3) is 0 Å². The average molecular weight is 290 g/mol. The average Bonchev–Trinajstić information content (AvgIpc) is 2.56. The highest BCUT2D eigenvalue weighted by Crippen LogP contribution is 2.36. The molecule has 0 spiro atoms. The molecule has 1 fully saturated rings. The van der Waals surface area contributed by atoms with E-state index in [1.807, 2.05) is 12.1 Å². The summed E-state index contributed by atoms with van der Waals surface area (Å²) >= 11 is 0. The minimum atomic E-state index is -0.340. The van der Waals surface area contributed by atoms with E-state index >= 15 is 0 Å². The molecule has 0 aliphatic carbocycles. The molecule has 0 saturated carbocycles. The molecule has 1 aliphatic heterocycles. The van der Waals surface area contributed by atoms with Crippen LogP contribution in [0.15, 0.2) is 18.3 Å². The maximum Gasteiger partial charge on any atom is 0.495 e. The highest BCUT2D eigenvalue weighted by molar-refractivity contribution is 6.62. The normalized spacial score (nSPS) is 20.6. The fraction of sp³-hybridized carbons (Fsp3) is 0.688. The molecule has 0 unspecified atom stereocenters. The molecule has 5 heteroatoms. The Morgan fingerprint density at radius 1 is 1.14 bits per heavy atom. The molecule has 4 nitrogen and oxygen atoms in total. The van der Waals surface area contributed by atoms with Crippen LogP contribution in [0.2, 0.25) is 0 Å². The Balaban J connectivity index is 2.12. The van der Waals surface area contributed by atoms with Crippen molar-refractivity contribution in [3.05, 3.63) is 18.3 Å². The molecule has 1 aliphatic rings. The molecule has 0 atom stereocenters. The third kappa shape index (κ3) is 3.77. The van der Waals surface area contributed by atoms with Gasteiger partial charge in [-0.1, -0.05) is 20.8 Å². The van der Waals surface area contributed by atoms with E-state index in [2.05, 4.69) is 58.8 Å². The van der Waals surface area contributed by atoms with Crippen LogP contribution in [-0.2, 0) is 9.31 Å². The molecular weight excluding hydrogens is 263 g/mol. The largest absolute Gasteiger partial charge is 0.495 e. The van der Waals surface area contributed by atoms with Crippen LogP contribution in [-0.4, -0.2) is 29.8 Å². The fourth-order valence-corrected chi connectivity index (χ4v) is 2.03. The van der Waals surface area contributed by atoms with Gasteiger partial charge in [0, 0.05) is 12.7 Å². The van der Waals surface area contributed by atoms with Crippen molar-refractivity contribution >= 4 is 18.4 Å². The third-order valence-electron chi connectivity index (χ3n) is 4.11. The lowest BCUT2D eigenvalue weighted by atomic mass is 9.79. The van der Waals surface area contributed by atoms with Gasteiger partial charge in [-0.2, -0.15) is 0 Å². The quantitative estimate of drug-likeness (QED) is 0.869. The van der Waals surface area contributed by atoms with E-state index in [0.717, 1.165) is 17.8 Å². The fourth-order valence-electron chi connectivity index (χ4n) is 2.03. The van der Waals surface area contributed by atoms with E-state index in [9.17, 15) is 0 Å². The molecule has 0 amide bonds. The van der Waals surface area contributed by atoms with Gasteiger partial charge in [-0.3, -0.25) is 0 Å². The Morgan fingerprint density at radius 2 is 1.71 bits per heavy atom. The number of pyridine rings is 1. The molecule has 2 rings (SSSR count). The number of hydrogen-bond acceptors (Lipinski definition) is 4. The van der Waals surface area contributed by atoms with Crippen LogP contribution in [0.5, 0.6) is 0 Å². The first-order valence-electron chi connectivity index (χ1n) is 7.56. The molecular formula is C16H27BN2O2. The zero-order valence-corrected chi connectivity index (χ0v) is 14.3. The number of anilines is 1. The Bertz CT molecular complexity index is 493. The second-order valence-corrected chi connectivity index (χ2v) is 7.98. The summed E-state index contributed by atoms with van der Waals surface area (Å²) in [7, 11) is -0.340. The van der Waals surface area contributed by atoms with Crippen LogP contribution < -0.4 is 10.8 Å². The SMILES string of the molecule is CC(C)(C)CNc1cc(B2OC(C)(C)C(C)(C)O2)ccn1. The zero-order chi connectivity index (χ0) is 15.9. The topological polar surface area (TPSA) is 43.4 Å². The summed E-state index contributed by atoms with van der Waals surface area (Å²) in [5, 5.41) is 3.37. The molecule has 0 aromatic carbocycles. The van der Waals surface area contributed by atoms with E-state index in [1.165, 1.54) is 0 Å². The van der Waals surface area contributed by atoms with Crippen molar-refractivity contribution in [2.45, 2.75) is 59.7 Å². The molecule has 1 aromatic rings. The number of nitrogens with one attached hydrogen (secondary N) is 1. The molecule has 2 heterocycles. The standard InChI is InChI=1S/C16H27BN2O2/c1-14(2,3)11-19-13-10-12(8-9-18-13)17-20-15(4,5)16(6,7)21-17/h8-10H,11H2,1-7H3,(H,18,19). The monoisotopic (exact) mass is 290 g/mol. The second kappa shape index (κ2) is 5.29. The number of hydrogen-bond donors (Lipinski definition) is 1. The summed E-state index contributed by atoms with van der Waals surface area (Å²) in [4.78, 5) is 4.36. The molecule has 116 valence electrons. The molecule has 1 saturated heterocycles. The van der Waals surface area contributed by atoms with E-state index in [1.54, 1.807) is 6.20 Å². The molecule has 21 heavy (non-hydrogen) atoms. The molecule has 0 radical (unpaired) electrons. The summed E-state index contributed by atoms with van der Waals surface area (Å²) in [6.07, 6.45) is 1.80. The molecule has 1 aromatic heterocycles. The van der Waals surface area contributed by atoms with Crippen LogP contribution in [0.4, 0.5) is 5.82 Å².